The Bertz CT molecular complexity index is 1180. The van der Waals surface area contributed by atoms with Crippen molar-refractivity contribution >= 4 is 43.0 Å². The fourth-order valence-corrected chi connectivity index (χ4v) is 5.93. The summed E-state index contributed by atoms with van der Waals surface area (Å²) in [6, 6.07) is -0.201. The fourth-order valence-electron chi connectivity index (χ4n) is 4.46. The molecule has 1 N–H and O–H groups in total. The van der Waals surface area contributed by atoms with Crippen molar-refractivity contribution in [3.8, 4) is 0 Å². The Morgan fingerprint density at radius 2 is 1.26 bits per heavy atom. The van der Waals surface area contributed by atoms with Gasteiger partial charge in [0.05, 0.1) is 6.54 Å². The molecule has 24 heteroatoms. The molecule has 0 radical (unpaired) electrons. The maximum Gasteiger partial charge on any atom is 1.00 e. The predicted molar refractivity (Wildman–Crippen MR) is 121 cm³/mol. The third kappa shape index (κ3) is 16.3. The zero-order chi connectivity index (χ0) is 29.6. The second-order valence-corrected chi connectivity index (χ2v) is 11.8. The van der Waals surface area contributed by atoms with Gasteiger partial charge < -0.3 is 33.3 Å². The minimum Gasteiger partial charge on any atom is -0.726 e. The van der Waals surface area contributed by atoms with E-state index < -0.39 is 80.9 Å². The van der Waals surface area contributed by atoms with E-state index in [1.807, 2.05) is 0 Å². The molecule has 228 valence electrons. The summed E-state index contributed by atoms with van der Waals surface area (Å²) in [5.74, 6) is -1.15. The summed E-state index contributed by atoms with van der Waals surface area (Å²) in [4.78, 5) is 26.3. The van der Waals surface area contributed by atoms with Gasteiger partial charge in [-0.15, -0.1) is 0 Å². The minimum atomic E-state index is -5.77. The normalized spacial score (nSPS) is 25.5. The van der Waals surface area contributed by atoms with Crippen LogP contribution in [-0.2, 0) is 62.8 Å². The summed E-state index contributed by atoms with van der Waals surface area (Å²) < 4.78 is 124. The van der Waals surface area contributed by atoms with E-state index in [-0.39, 0.29) is 101 Å². The quantitative estimate of drug-likeness (QED) is 0.0860. The van der Waals surface area contributed by atoms with Crippen molar-refractivity contribution in [3.63, 3.8) is 0 Å². The Labute approximate surface area is 311 Å². The number of hydrogen-bond donors (Lipinski definition) is 1. The first-order chi connectivity index (χ1) is 17.9. The van der Waals surface area contributed by atoms with Crippen molar-refractivity contribution in [2.75, 3.05) is 20.2 Å². The third-order valence-corrected chi connectivity index (χ3v) is 7.37. The van der Waals surface area contributed by atoms with E-state index in [0.29, 0.717) is 12.8 Å². The molecule has 18 nitrogen and oxygen atoms in total. The Balaban J connectivity index is 0. The summed E-state index contributed by atoms with van der Waals surface area (Å²) in [6.45, 7) is 0.121. The first-order valence-electron chi connectivity index (χ1n) is 11.5. The zero-order valence-electron chi connectivity index (χ0n) is 23.8. The number of methoxy groups -OCH3 is 1. The van der Waals surface area contributed by atoms with Gasteiger partial charge in [0.15, 0.2) is 12.4 Å². The molecule has 1 aliphatic heterocycles. The van der Waals surface area contributed by atoms with Crippen molar-refractivity contribution in [2.24, 2.45) is 0 Å². The number of carbonyl (C=O) groups excluding carboxylic acids is 2. The number of carbonyl (C=O) groups is 2. The SMILES string of the molecule is CO[C@H]1O[C@H](CNC(=O)CN(C(C)=O)C2CCCCCC2)[C@@H](OS(=O)(=O)[O-])[C@H](OS(=O)(=O)[O-])[C@@H]1OS(=O)(=O)[O-].[Na+].[Na+].[Na+]. The van der Waals surface area contributed by atoms with Gasteiger partial charge in [-0.25, -0.2) is 25.3 Å². The summed E-state index contributed by atoms with van der Waals surface area (Å²) in [7, 11) is -16.3. The summed E-state index contributed by atoms with van der Waals surface area (Å²) in [5, 5.41) is 2.31. The molecule has 0 aromatic rings. The Kier molecular flexibility index (Phi) is 21.7. The van der Waals surface area contributed by atoms with Crippen LogP contribution in [0.3, 0.4) is 0 Å². The van der Waals surface area contributed by atoms with Crippen molar-refractivity contribution in [2.45, 2.75) is 82.2 Å². The minimum absolute atomic E-state index is 0. The van der Waals surface area contributed by atoms with Crippen LogP contribution in [0.5, 0.6) is 0 Å². The molecular formula is C18H29N2Na3O16S3. The van der Waals surface area contributed by atoms with Crippen molar-refractivity contribution < 1.29 is 159 Å². The average molecular weight is 695 g/mol. The van der Waals surface area contributed by atoms with Gasteiger partial charge in [-0.1, -0.05) is 25.7 Å². The summed E-state index contributed by atoms with van der Waals surface area (Å²) in [6.07, 6.45) is -6.25. The van der Waals surface area contributed by atoms with Crippen LogP contribution in [0.15, 0.2) is 0 Å². The Morgan fingerprint density at radius 1 is 0.810 bits per heavy atom. The van der Waals surface area contributed by atoms with E-state index >= 15 is 0 Å². The number of nitrogens with zero attached hydrogens (tertiary/aromatic N) is 1. The van der Waals surface area contributed by atoms with Crippen LogP contribution in [-0.4, -0.2) is 113 Å². The molecule has 2 rings (SSSR count). The second-order valence-electron chi connectivity index (χ2n) is 8.78. The molecule has 1 aliphatic carbocycles. The van der Waals surface area contributed by atoms with Crippen LogP contribution in [0, 0.1) is 0 Å². The van der Waals surface area contributed by atoms with Crippen LogP contribution in [0.25, 0.3) is 0 Å². The smallest absolute Gasteiger partial charge is 0.726 e. The number of nitrogens with one attached hydrogen (secondary N) is 1. The largest absolute Gasteiger partial charge is 1.00 e. The van der Waals surface area contributed by atoms with Crippen LogP contribution in [0.4, 0.5) is 0 Å². The number of amides is 2. The van der Waals surface area contributed by atoms with Crippen molar-refractivity contribution in [3.05, 3.63) is 0 Å². The van der Waals surface area contributed by atoms with E-state index in [4.69, 9.17) is 9.47 Å². The van der Waals surface area contributed by atoms with Crippen LogP contribution in [0.2, 0.25) is 0 Å². The summed E-state index contributed by atoms with van der Waals surface area (Å²) in [5.41, 5.74) is 0. The molecule has 5 atom stereocenters. The molecule has 0 bridgehead atoms. The first-order valence-corrected chi connectivity index (χ1v) is 15.5. The molecule has 0 spiro atoms. The number of hydrogen-bond acceptors (Lipinski definition) is 16. The van der Waals surface area contributed by atoms with Gasteiger partial charge in [-0.2, -0.15) is 0 Å². The molecule has 42 heavy (non-hydrogen) atoms. The maximum absolute atomic E-state index is 12.7. The van der Waals surface area contributed by atoms with Crippen LogP contribution in [0.1, 0.15) is 45.4 Å². The molecule has 2 aliphatic rings. The molecule has 1 saturated heterocycles. The Morgan fingerprint density at radius 3 is 1.69 bits per heavy atom. The molecular weight excluding hydrogens is 665 g/mol. The standard InChI is InChI=1S/C18H32N2O16S3.3Na/c1-11(21)20(12-7-5-3-4-6-8-12)10-14(22)19-9-13-15(34-37(23,24)25)16(35-38(26,27)28)17(18(32-2)33-13)36-39(29,30)31;;;/h12-13,15-18H,3-10H2,1-2H3,(H,19,22)(H,23,24,25)(H,26,27,28)(H,29,30,31);;;/q;3*+1/p-3/t13-,15-,16+,17+,18+;;;/m1.../s1. The maximum atomic E-state index is 12.7. The fraction of sp³-hybridized carbons (Fsp3) is 0.889. The van der Waals surface area contributed by atoms with Gasteiger partial charge >= 0.3 is 88.7 Å². The van der Waals surface area contributed by atoms with Gasteiger partial charge in [0.1, 0.15) is 18.3 Å². The van der Waals surface area contributed by atoms with Crippen molar-refractivity contribution in [1.29, 1.82) is 0 Å². The molecule has 2 fully saturated rings. The van der Waals surface area contributed by atoms with Gasteiger partial charge in [0.25, 0.3) is 0 Å². The molecule has 0 aromatic carbocycles. The van der Waals surface area contributed by atoms with E-state index in [1.54, 1.807) is 0 Å². The van der Waals surface area contributed by atoms with E-state index in [0.717, 1.165) is 32.8 Å². The van der Waals surface area contributed by atoms with Gasteiger partial charge in [0, 0.05) is 26.6 Å². The van der Waals surface area contributed by atoms with Crippen LogP contribution >= 0.6 is 0 Å². The topological polar surface area (TPSA) is 267 Å². The first kappa shape index (κ1) is 45.6. The molecule has 0 unspecified atom stereocenters. The van der Waals surface area contributed by atoms with Gasteiger partial charge in [0.2, 0.25) is 43.0 Å². The van der Waals surface area contributed by atoms with Gasteiger partial charge in [-0.05, 0) is 12.8 Å². The zero-order valence-corrected chi connectivity index (χ0v) is 32.3. The van der Waals surface area contributed by atoms with E-state index in [9.17, 15) is 48.5 Å². The Hall–Kier alpha value is 1.47. The van der Waals surface area contributed by atoms with E-state index in [2.05, 4.69) is 17.9 Å². The molecule has 1 heterocycles. The van der Waals surface area contributed by atoms with Gasteiger partial charge in [-0.3, -0.25) is 22.1 Å². The molecule has 2 amide bonds. The number of ether oxygens (including phenoxy) is 2. The van der Waals surface area contributed by atoms with Crippen molar-refractivity contribution in [1.82, 2.24) is 10.2 Å². The number of rotatable bonds is 12. The average Bonchev–Trinajstić information content (AvgIpc) is 3.05. The predicted octanol–water partition coefficient (Wildman–Crippen LogP) is -11.4. The van der Waals surface area contributed by atoms with E-state index in [1.165, 1.54) is 11.8 Å². The second kappa shape index (κ2) is 20.0. The molecule has 0 aromatic heterocycles. The molecule has 1 saturated carbocycles. The summed E-state index contributed by atoms with van der Waals surface area (Å²) >= 11 is 0. The third-order valence-electron chi connectivity index (χ3n) is 5.99. The van der Waals surface area contributed by atoms with Crippen LogP contribution < -0.4 is 94.0 Å². The monoisotopic (exact) mass is 694 g/mol.